The molecule has 7 nitrogen and oxygen atoms in total. The minimum absolute atomic E-state index is 0.225. The first-order chi connectivity index (χ1) is 17.6. The predicted molar refractivity (Wildman–Crippen MR) is 142 cm³/mol. The Morgan fingerprint density at radius 1 is 0.917 bits per heavy atom. The molecule has 0 fully saturated rings. The van der Waals surface area contributed by atoms with Crippen molar-refractivity contribution in [2.24, 2.45) is 0 Å². The Hall–Kier alpha value is -4.27. The van der Waals surface area contributed by atoms with Gasteiger partial charge in [-0.15, -0.1) is 5.10 Å². The number of thiazole rings is 1. The second-order valence-corrected chi connectivity index (χ2v) is 9.44. The van der Waals surface area contributed by atoms with E-state index in [2.05, 4.69) is 10.1 Å². The van der Waals surface area contributed by atoms with Crippen LogP contribution in [0.15, 0.2) is 89.9 Å². The largest absolute Gasteiger partial charge is 0.497 e. The van der Waals surface area contributed by atoms with Crippen molar-refractivity contribution in [2.75, 3.05) is 7.11 Å². The van der Waals surface area contributed by atoms with Gasteiger partial charge >= 0.3 is 0 Å². The molecule has 0 saturated carbocycles. The van der Waals surface area contributed by atoms with E-state index in [4.69, 9.17) is 21.4 Å². The van der Waals surface area contributed by atoms with Gasteiger partial charge in [0.15, 0.2) is 5.82 Å². The van der Waals surface area contributed by atoms with Gasteiger partial charge in [-0.1, -0.05) is 53.3 Å². The number of halogens is 1. The molecule has 0 N–H and O–H groups in total. The first-order valence-electron chi connectivity index (χ1n) is 11.1. The van der Waals surface area contributed by atoms with Crippen LogP contribution in [-0.2, 0) is 0 Å². The number of hydrogen-bond acceptors (Lipinski definition) is 6. The van der Waals surface area contributed by atoms with Gasteiger partial charge in [-0.2, -0.15) is 14.6 Å². The quantitative estimate of drug-likeness (QED) is 0.330. The number of benzene rings is 3. The van der Waals surface area contributed by atoms with Crippen LogP contribution in [0.25, 0.3) is 39.4 Å². The van der Waals surface area contributed by atoms with Gasteiger partial charge in [0, 0.05) is 27.9 Å². The highest BCUT2D eigenvalue weighted by Gasteiger charge is 2.15. The van der Waals surface area contributed by atoms with Gasteiger partial charge in [0.05, 0.1) is 17.3 Å². The van der Waals surface area contributed by atoms with Crippen molar-refractivity contribution in [2.45, 2.75) is 0 Å². The van der Waals surface area contributed by atoms with Crippen LogP contribution in [0.3, 0.4) is 0 Å². The third kappa shape index (κ3) is 4.06. The third-order valence-corrected chi connectivity index (χ3v) is 6.91. The number of aromatic nitrogens is 5. The lowest BCUT2D eigenvalue weighted by atomic mass is 10.1. The van der Waals surface area contributed by atoms with Gasteiger partial charge < -0.3 is 4.74 Å². The number of nitrogens with zero attached hydrogens (tertiary/aromatic N) is 5. The minimum Gasteiger partial charge on any atom is -0.497 e. The molecule has 0 radical (unpaired) electrons. The lowest BCUT2D eigenvalue weighted by molar-refractivity contribution is 0.415. The van der Waals surface area contributed by atoms with Crippen LogP contribution in [0, 0.1) is 0 Å². The summed E-state index contributed by atoms with van der Waals surface area (Å²) in [4.78, 5) is 18.3. The SMILES string of the molecule is COc1ccc(-c2nc3s/c(=C\c4cn(-c5ccccc5)nc4-c4ccc(Cl)cc4)c(=O)n3n2)cc1. The lowest BCUT2D eigenvalue weighted by Gasteiger charge is -2.00. The summed E-state index contributed by atoms with van der Waals surface area (Å²) in [5, 5.41) is 9.91. The number of rotatable bonds is 5. The molecule has 0 aliphatic carbocycles. The summed E-state index contributed by atoms with van der Waals surface area (Å²) in [6.07, 6.45) is 3.75. The van der Waals surface area contributed by atoms with Crippen molar-refractivity contribution in [3.05, 3.63) is 111 Å². The molecule has 0 saturated heterocycles. The second-order valence-electron chi connectivity index (χ2n) is 7.99. The molecule has 0 spiro atoms. The molecule has 6 aromatic rings. The van der Waals surface area contributed by atoms with E-state index in [1.54, 1.807) is 11.8 Å². The van der Waals surface area contributed by atoms with Crippen molar-refractivity contribution >= 4 is 34.0 Å². The Morgan fingerprint density at radius 3 is 2.33 bits per heavy atom. The number of fused-ring (bicyclic) bond motifs is 1. The predicted octanol–water partition coefficient (Wildman–Crippen LogP) is 4.88. The molecule has 0 amide bonds. The van der Waals surface area contributed by atoms with Crippen LogP contribution < -0.4 is 14.8 Å². The molecule has 0 aliphatic heterocycles. The van der Waals surface area contributed by atoms with E-state index in [0.717, 1.165) is 33.8 Å². The molecular formula is C27H18ClN5O2S. The first kappa shape index (κ1) is 22.2. The molecule has 3 aromatic heterocycles. The fourth-order valence-electron chi connectivity index (χ4n) is 3.88. The van der Waals surface area contributed by atoms with Crippen LogP contribution in [0.5, 0.6) is 5.75 Å². The van der Waals surface area contributed by atoms with E-state index in [9.17, 15) is 4.79 Å². The maximum absolute atomic E-state index is 13.2. The van der Waals surface area contributed by atoms with Gasteiger partial charge in [0.25, 0.3) is 5.56 Å². The van der Waals surface area contributed by atoms with Crippen molar-refractivity contribution in [3.8, 4) is 34.1 Å². The Labute approximate surface area is 214 Å². The molecular weight excluding hydrogens is 494 g/mol. The van der Waals surface area contributed by atoms with E-state index >= 15 is 0 Å². The molecule has 0 bridgehead atoms. The smallest absolute Gasteiger partial charge is 0.291 e. The summed E-state index contributed by atoms with van der Waals surface area (Å²) in [6.45, 7) is 0. The van der Waals surface area contributed by atoms with Gasteiger partial charge in [-0.25, -0.2) is 4.68 Å². The molecule has 6 rings (SSSR count). The Bertz CT molecular complexity index is 1790. The lowest BCUT2D eigenvalue weighted by Crippen LogP contribution is -2.23. The Kier molecular flexibility index (Phi) is 5.59. The standard InChI is InChI=1S/C27H18ClN5O2S/c1-35-22-13-9-18(10-14-22)25-29-27-33(31-25)26(34)23(36-27)15-19-16-32(21-5-3-2-4-6-21)30-24(19)17-7-11-20(28)12-8-17/h2-16H,1H3/b23-15-. The highest BCUT2D eigenvalue weighted by molar-refractivity contribution is 7.15. The summed E-state index contributed by atoms with van der Waals surface area (Å²) in [5.41, 5.74) is 3.95. The minimum atomic E-state index is -0.225. The van der Waals surface area contributed by atoms with Gasteiger partial charge in [-0.05, 0) is 54.6 Å². The van der Waals surface area contributed by atoms with Crippen molar-refractivity contribution in [3.63, 3.8) is 0 Å². The molecule has 36 heavy (non-hydrogen) atoms. The van der Waals surface area contributed by atoms with Crippen LogP contribution in [0.2, 0.25) is 5.02 Å². The third-order valence-electron chi connectivity index (χ3n) is 5.70. The van der Waals surface area contributed by atoms with Crippen molar-refractivity contribution in [1.29, 1.82) is 0 Å². The summed E-state index contributed by atoms with van der Waals surface area (Å²) in [6, 6.07) is 24.7. The van der Waals surface area contributed by atoms with Crippen molar-refractivity contribution < 1.29 is 4.74 Å². The zero-order valence-corrected chi connectivity index (χ0v) is 20.6. The average molecular weight is 512 g/mol. The van der Waals surface area contributed by atoms with E-state index in [-0.39, 0.29) is 5.56 Å². The van der Waals surface area contributed by atoms with Gasteiger partial charge in [0.1, 0.15) is 11.4 Å². The maximum Gasteiger partial charge on any atom is 0.291 e. The first-order valence-corrected chi connectivity index (χ1v) is 12.3. The van der Waals surface area contributed by atoms with E-state index in [1.165, 1.54) is 15.9 Å². The van der Waals surface area contributed by atoms with E-state index in [1.807, 2.05) is 91.1 Å². The summed E-state index contributed by atoms with van der Waals surface area (Å²) >= 11 is 7.39. The molecule has 3 heterocycles. The van der Waals surface area contributed by atoms with Crippen LogP contribution in [0.4, 0.5) is 0 Å². The fraction of sp³-hybridized carbons (Fsp3) is 0.0370. The fourth-order valence-corrected chi connectivity index (χ4v) is 4.90. The molecule has 3 aromatic carbocycles. The monoisotopic (exact) mass is 511 g/mol. The summed E-state index contributed by atoms with van der Waals surface area (Å²) in [5.74, 6) is 1.24. The molecule has 0 aliphatic rings. The van der Waals surface area contributed by atoms with Crippen LogP contribution in [0.1, 0.15) is 5.56 Å². The second kappa shape index (κ2) is 9.07. The van der Waals surface area contributed by atoms with Crippen LogP contribution in [-0.4, -0.2) is 31.5 Å². The molecule has 176 valence electrons. The summed E-state index contributed by atoms with van der Waals surface area (Å²) in [7, 11) is 1.61. The topological polar surface area (TPSA) is 74.3 Å². The van der Waals surface area contributed by atoms with Gasteiger partial charge in [-0.3, -0.25) is 4.79 Å². The van der Waals surface area contributed by atoms with E-state index in [0.29, 0.717) is 20.3 Å². The highest BCUT2D eigenvalue weighted by Crippen LogP contribution is 2.26. The number of para-hydroxylation sites is 1. The normalized spacial score (nSPS) is 11.9. The summed E-state index contributed by atoms with van der Waals surface area (Å²) < 4.78 is 8.88. The number of ether oxygens (including phenoxy) is 1. The number of methoxy groups -OCH3 is 1. The average Bonchev–Trinajstić information content (AvgIpc) is 3.60. The molecule has 9 heteroatoms. The highest BCUT2D eigenvalue weighted by atomic mass is 35.5. The van der Waals surface area contributed by atoms with Gasteiger partial charge in [0.2, 0.25) is 4.96 Å². The molecule has 0 unspecified atom stereocenters. The maximum atomic E-state index is 13.2. The molecule has 0 atom stereocenters. The zero-order valence-electron chi connectivity index (χ0n) is 19.0. The van der Waals surface area contributed by atoms with Crippen molar-refractivity contribution in [1.82, 2.24) is 24.4 Å². The Morgan fingerprint density at radius 2 is 1.64 bits per heavy atom. The van der Waals surface area contributed by atoms with Crippen LogP contribution >= 0.6 is 22.9 Å². The zero-order chi connectivity index (χ0) is 24.6. The Balaban J connectivity index is 1.46. The number of hydrogen-bond donors (Lipinski definition) is 0. The van der Waals surface area contributed by atoms with E-state index < -0.39 is 0 Å².